The number of alkyl halides is 1. The van der Waals surface area contributed by atoms with Gasteiger partial charge in [0.25, 0.3) is 0 Å². The molecule has 0 bridgehead atoms. The van der Waals surface area contributed by atoms with E-state index in [1.807, 2.05) is 6.92 Å². The molecular weight excluding hydrogens is 256 g/mol. The fourth-order valence-electron chi connectivity index (χ4n) is 1.10. The highest BCUT2D eigenvalue weighted by Gasteiger charge is 2.31. The minimum Gasteiger partial charge on any atom is -0.330 e. The smallest absolute Gasteiger partial charge is 0.227 e. The van der Waals surface area contributed by atoms with Crippen LogP contribution in [0.2, 0.25) is 0 Å². The van der Waals surface area contributed by atoms with Crippen LogP contribution < -0.4 is 5.73 Å². The van der Waals surface area contributed by atoms with Crippen LogP contribution in [-0.4, -0.2) is 29.2 Å². The molecule has 0 aliphatic rings. The quantitative estimate of drug-likeness (QED) is 0.782. The number of allylic oxidation sites excluding steroid dienone is 1. The fraction of sp³-hybridized carbons (Fsp3) is 0.727. The molecule has 0 saturated carbocycles. The normalized spacial score (nSPS) is 13.5. The molecule has 1 amide bonds. The molecule has 15 heavy (non-hydrogen) atoms. The maximum absolute atomic E-state index is 11.6. The third-order valence-electron chi connectivity index (χ3n) is 2.88. The largest absolute Gasteiger partial charge is 0.330 e. The molecule has 4 heteroatoms. The van der Waals surface area contributed by atoms with Gasteiger partial charge in [0, 0.05) is 36.0 Å². The molecule has 0 spiro atoms. The molecule has 0 saturated heterocycles. The van der Waals surface area contributed by atoms with Gasteiger partial charge in [-0.3, -0.25) is 4.79 Å². The van der Waals surface area contributed by atoms with Crippen molar-refractivity contribution >= 4 is 21.8 Å². The molecule has 0 unspecified atom stereocenters. The van der Waals surface area contributed by atoms with Gasteiger partial charge in [-0.15, -0.1) is 0 Å². The van der Waals surface area contributed by atoms with Crippen LogP contribution >= 0.6 is 15.9 Å². The van der Waals surface area contributed by atoms with Crippen LogP contribution in [-0.2, 0) is 4.79 Å². The van der Waals surface area contributed by atoms with Crippen LogP contribution in [0.5, 0.6) is 0 Å². The molecule has 0 heterocycles. The van der Waals surface area contributed by atoms with E-state index < -0.39 is 0 Å². The van der Waals surface area contributed by atoms with Gasteiger partial charge in [0.15, 0.2) is 0 Å². The molecule has 2 N–H and O–H groups in total. The molecule has 1 atom stereocenters. The van der Waals surface area contributed by atoms with Gasteiger partial charge in [-0.1, -0.05) is 43.3 Å². The average molecular weight is 277 g/mol. The Bertz CT molecular complexity index is 249. The van der Waals surface area contributed by atoms with Gasteiger partial charge >= 0.3 is 0 Å². The summed E-state index contributed by atoms with van der Waals surface area (Å²) < 4.78 is 0. The zero-order valence-electron chi connectivity index (χ0n) is 10.0. The van der Waals surface area contributed by atoms with Crippen molar-refractivity contribution in [1.82, 2.24) is 4.90 Å². The molecule has 0 aromatic heterocycles. The second kappa shape index (κ2) is 5.66. The Morgan fingerprint density at radius 1 is 1.60 bits per heavy atom. The number of nitrogens with zero attached hydrogens (tertiary/aromatic N) is 1. The minimum absolute atomic E-state index is 0.0173. The van der Waals surface area contributed by atoms with E-state index in [2.05, 4.69) is 36.4 Å². The summed E-state index contributed by atoms with van der Waals surface area (Å²) in [4.78, 5) is 13.5. The first-order valence-electron chi connectivity index (χ1n) is 5.05. The molecule has 0 aliphatic carbocycles. The van der Waals surface area contributed by atoms with Crippen molar-refractivity contribution in [3.05, 3.63) is 12.3 Å². The number of amides is 1. The first kappa shape index (κ1) is 14.6. The molecular formula is C11H21BrN2O. The summed E-state index contributed by atoms with van der Waals surface area (Å²) in [6.07, 6.45) is 0.363. The number of carbonyl (C=O) groups is 1. The molecule has 88 valence electrons. The number of rotatable bonds is 5. The van der Waals surface area contributed by atoms with E-state index in [1.54, 1.807) is 11.9 Å². The molecule has 0 aromatic carbocycles. The highest BCUT2D eigenvalue weighted by molar-refractivity contribution is 9.09. The zero-order valence-corrected chi connectivity index (χ0v) is 11.6. The Balaban J connectivity index is 4.64. The third kappa shape index (κ3) is 3.61. The monoisotopic (exact) mass is 276 g/mol. The van der Waals surface area contributed by atoms with Crippen LogP contribution in [0.25, 0.3) is 0 Å². The molecule has 0 rings (SSSR count). The van der Waals surface area contributed by atoms with Gasteiger partial charge in [0.05, 0.1) is 0 Å². The van der Waals surface area contributed by atoms with Crippen LogP contribution in [0.15, 0.2) is 12.3 Å². The van der Waals surface area contributed by atoms with Gasteiger partial charge in [-0.25, -0.2) is 0 Å². The van der Waals surface area contributed by atoms with E-state index in [-0.39, 0.29) is 16.1 Å². The summed E-state index contributed by atoms with van der Waals surface area (Å²) in [6.45, 7) is 10.5. The highest BCUT2D eigenvalue weighted by Crippen LogP contribution is 2.35. The predicted octanol–water partition coefficient (Wildman–Crippen LogP) is 2.12. The van der Waals surface area contributed by atoms with Crippen molar-refractivity contribution in [2.75, 3.05) is 13.6 Å². The lowest BCUT2D eigenvalue weighted by atomic mass is 9.86. The van der Waals surface area contributed by atoms with E-state index in [9.17, 15) is 4.79 Å². The number of carbonyl (C=O) groups excluding carboxylic acids is 1. The van der Waals surface area contributed by atoms with Gasteiger partial charge in [0.2, 0.25) is 5.91 Å². The maximum atomic E-state index is 11.6. The summed E-state index contributed by atoms with van der Waals surface area (Å²) in [5.41, 5.74) is 6.01. The van der Waals surface area contributed by atoms with Crippen LogP contribution in [0.1, 0.15) is 27.2 Å². The molecule has 0 fully saturated rings. The average Bonchev–Trinajstić information content (AvgIpc) is 2.15. The fourth-order valence-corrected chi connectivity index (χ4v) is 1.37. The molecule has 0 aromatic rings. The maximum Gasteiger partial charge on any atom is 0.227 e. The summed E-state index contributed by atoms with van der Waals surface area (Å²) >= 11 is 3.53. The van der Waals surface area contributed by atoms with Crippen molar-refractivity contribution in [2.24, 2.45) is 11.1 Å². The Morgan fingerprint density at radius 3 is 2.40 bits per heavy atom. The minimum atomic E-state index is -0.154. The van der Waals surface area contributed by atoms with Crippen molar-refractivity contribution in [1.29, 1.82) is 0 Å². The van der Waals surface area contributed by atoms with E-state index in [0.717, 1.165) is 5.70 Å². The van der Waals surface area contributed by atoms with E-state index in [4.69, 9.17) is 5.73 Å². The Hall–Kier alpha value is -0.350. The number of hydrogen-bond acceptors (Lipinski definition) is 2. The SMILES string of the molecule is C=C(N(C)C(=O)CCN)C(C)(C)[C@H](C)Br. The zero-order chi connectivity index (χ0) is 12.2. The molecule has 0 aliphatic heterocycles. The van der Waals surface area contributed by atoms with Crippen molar-refractivity contribution in [3.8, 4) is 0 Å². The standard InChI is InChI=1S/C11H21BrN2O/c1-8(12)11(3,4)9(2)14(5)10(15)6-7-13/h8H,2,6-7,13H2,1,3-5H3/t8-/m0/s1. The second-order valence-corrected chi connectivity index (χ2v) is 5.65. The first-order chi connectivity index (χ1) is 6.75. The highest BCUT2D eigenvalue weighted by atomic mass is 79.9. The number of halogens is 1. The molecule has 3 nitrogen and oxygen atoms in total. The van der Waals surface area contributed by atoms with E-state index >= 15 is 0 Å². The number of hydrogen-bond donors (Lipinski definition) is 1. The summed E-state index contributed by atoms with van der Waals surface area (Å²) in [5.74, 6) is 0.0173. The lowest BCUT2D eigenvalue weighted by molar-refractivity contribution is -0.128. The summed E-state index contributed by atoms with van der Waals surface area (Å²) in [5, 5.41) is 0. The van der Waals surface area contributed by atoms with Crippen molar-refractivity contribution < 1.29 is 4.79 Å². The van der Waals surface area contributed by atoms with Crippen LogP contribution in [0, 0.1) is 5.41 Å². The molecule has 0 radical (unpaired) electrons. The Morgan fingerprint density at radius 2 is 2.07 bits per heavy atom. The summed E-state index contributed by atoms with van der Waals surface area (Å²) in [6, 6.07) is 0. The lowest BCUT2D eigenvalue weighted by Crippen LogP contribution is -2.37. The van der Waals surface area contributed by atoms with Crippen LogP contribution in [0.3, 0.4) is 0 Å². The van der Waals surface area contributed by atoms with Gasteiger partial charge in [0.1, 0.15) is 0 Å². The summed E-state index contributed by atoms with van der Waals surface area (Å²) in [7, 11) is 1.75. The predicted molar refractivity (Wildman–Crippen MR) is 67.8 cm³/mol. The topological polar surface area (TPSA) is 46.3 Å². The van der Waals surface area contributed by atoms with Crippen LogP contribution in [0.4, 0.5) is 0 Å². The van der Waals surface area contributed by atoms with Gasteiger partial charge < -0.3 is 10.6 Å². The Labute approximate surface area is 101 Å². The van der Waals surface area contributed by atoms with Gasteiger partial charge in [-0.2, -0.15) is 0 Å². The first-order valence-corrected chi connectivity index (χ1v) is 5.96. The van der Waals surface area contributed by atoms with Crippen molar-refractivity contribution in [3.63, 3.8) is 0 Å². The van der Waals surface area contributed by atoms with Crippen molar-refractivity contribution in [2.45, 2.75) is 32.0 Å². The van der Waals surface area contributed by atoms with E-state index in [1.165, 1.54) is 0 Å². The second-order valence-electron chi connectivity index (χ2n) is 4.28. The Kier molecular flexibility index (Phi) is 5.53. The van der Waals surface area contributed by atoms with Gasteiger partial charge in [-0.05, 0) is 0 Å². The van der Waals surface area contributed by atoms with E-state index in [0.29, 0.717) is 13.0 Å². The third-order valence-corrected chi connectivity index (χ3v) is 4.02. The number of nitrogens with two attached hydrogens (primary N) is 1. The lowest BCUT2D eigenvalue weighted by Gasteiger charge is -2.35.